The summed E-state index contributed by atoms with van der Waals surface area (Å²) < 4.78 is 27.6. The lowest BCUT2D eigenvalue weighted by atomic mass is 10.2. The largest absolute Gasteiger partial charge is 0.316 e. The minimum atomic E-state index is -3.40. The van der Waals surface area contributed by atoms with Crippen LogP contribution in [0.4, 0.5) is 0 Å². The third kappa shape index (κ3) is 3.76. The van der Waals surface area contributed by atoms with Crippen molar-refractivity contribution in [1.82, 2.24) is 9.62 Å². The van der Waals surface area contributed by atoms with Gasteiger partial charge in [0.25, 0.3) is 0 Å². The van der Waals surface area contributed by atoms with E-state index in [1.54, 1.807) is 10.4 Å². The molecule has 0 aliphatic carbocycles. The van der Waals surface area contributed by atoms with Gasteiger partial charge < -0.3 is 5.32 Å². The van der Waals surface area contributed by atoms with E-state index in [9.17, 15) is 8.42 Å². The molecule has 4 nitrogen and oxygen atoms in total. The van der Waals surface area contributed by atoms with Gasteiger partial charge in [0.05, 0.1) is 4.90 Å². The molecule has 0 unspecified atom stereocenters. The number of rotatable bonds is 4. The van der Waals surface area contributed by atoms with Crippen molar-refractivity contribution in [2.24, 2.45) is 0 Å². The van der Waals surface area contributed by atoms with Crippen LogP contribution < -0.4 is 5.32 Å². The fourth-order valence-corrected chi connectivity index (χ4v) is 5.74. The first-order chi connectivity index (χ1) is 9.55. The monoisotopic (exact) mass is 378 g/mol. The van der Waals surface area contributed by atoms with E-state index in [1.807, 2.05) is 30.9 Å². The van der Waals surface area contributed by atoms with Crippen molar-refractivity contribution in [3.05, 3.63) is 28.2 Å². The van der Waals surface area contributed by atoms with E-state index >= 15 is 0 Å². The van der Waals surface area contributed by atoms with Crippen LogP contribution in [0.1, 0.15) is 12.0 Å². The molecule has 1 aliphatic rings. The van der Waals surface area contributed by atoms with Crippen LogP contribution >= 0.6 is 27.7 Å². The fourth-order valence-electron chi connectivity index (χ4n) is 2.17. The summed E-state index contributed by atoms with van der Waals surface area (Å²) in [7, 11) is -1.53. The second-order valence-electron chi connectivity index (χ2n) is 4.67. The highest BCUT2D eigenvalue weighted by Crippen LogP contribution is 2.27. The van der Waals surface area contributed by atoms with E-state index in [-0.39, 0.29) is 0 Å². The van der Waals surface area contributed by atoms with Gasteiger partial charge in [-0.2, -0.15) is 16.1 Å². The summed E-state index contributed by atoms with van der Waals surface area (Å²) in [6.07, 6.45) is 0.916. The molecular formula is C13H19BrN2O2S2. The average molecular weight is 379 g/mol. The molecule has 2 rings (SSSR count). The molecule has 7 heteroatoms. The zero-order valence-corrected chi connectivity index (χ0v) is 14.7. The van der Waals surface area contributed by atoms with Crippen LogP contribution in [0.3, 0.4) is 0 Å². The molecule has 1 aromatic rings. The Morgan fingerprint density at radius 2 is 2.15 bits per heavy atom. The molecule has 1 aliphatic heterocycles. The van der Waals surface area contributed by atoms with Crippen molar-refractivity contribution in [3.63, 3.8) is 0 Å². The minimum Gasteiger partial charge on any atom is -0.316 e. The Balaban J connectivity index is 2.28. The first-order valence-electron chi connectivity index (χ1n) is 6.56. The molecule has 1 aromatic carbocycles. The molecule has 1 heterocycles. The summed E-state index contributed by atoms with van der Waals surface area (Å²) in [6, 6.07) is 5.43. The maximum atomic E-state index is 12.7. The number of benzene rings is 1. The quantitative estimate of drug-likeness (QED) is 0.872. The lowest BCUT2D eigenvalue weighted by Gasteiger charge is -2.20. The van der Waals surface area contributed by atoms with Crippen molar-refractivity contribution in [3.8, 4) is 0 Å². The summed E-state index contributed by atoms with van der Waals surface area (Å²) >= 11 is 5.22. The average Bonchev–Trinajstić information content (AvgIpc) is 2.68. The maximum absolute atomic E-state index is 12.7. The Kier molecular flexibility index (Phi) is 5.92. The van der Waals surface area contributed by atoms with E-state index in [2.05, 4.69) is 21.2 Å². The van der Waals surface area contributed by atoms with Gasteiger partial charge >= 0.3 is 0 Å². The maximum Gasteiger partial charge on any atom is 0.244 e. The van der Waals surface area contributed by atoms with E-state index in [4.69, 9.17) is 0 Å². The first-order valence-corrected chi connectivity index (χ1v) is 9.95. The van der Waals surface area contributed by atoms with Crippen LogP contribution in [0.2, 0.25) is 0 Å². The third-order valence-electron chi connectivity index (χ3n) is 3.18. The Morgan fingerprint density at radius 3 is 2.85 bits per heavy atom. The summed E-state index contributed by atoms with van der Waals surface area (Å²) in [4.78, 5) is 0.365. The first kappa shape index (κ1) is 16.3. The highest BCUT2D eigenvalue weighted by molar-refractivity contribution is 9.10. The summed E-state index contributed by atoms with van der Waals surface area (Å²) in [5, 5.41) is 3.06. The number of hydrogen-bond donors (Lipinski definition) is 1. The van der Waals surface area contributed by atoms with Crippen LogP contribution in [-0.2, 0) is 16.6 Å². The molecule has 1 fully saturated rings. The third-order valence-corrected chi connectivity index (χ3v) is 7.10. The normalized spacial score (nSPS) is 17.9. The molecule has 0 amide bonds. The van der Waals surface area contributed by atoms with E-state index in [0.717, 1.165) is 30.0 Å². The number of halogens is 1. The molecule has 1 saturated heterocycles. The van der Waals surface area contributed by atoms with Crippen molar-refractivity contribution < 1.29 is 8.42 Å². The smallest absolute Gasteiger partial charge is 0.244 e. The molecule has 0 bridgehead atoms. The topological polar surface area (TPSA) is 49.4 Å². The highest BCUT2D eigenvalue weighted by atomic mass is 79.9. The van der Waals surface area contributed by atoms with Gasteiger partial charge in [-0.3, -0.25) is 0 Å². The summed E-state index contributed by atoms with van der Waals surface area (Å²) in [6.45, 7) is 1.93. The molecule has 0 radical (unpaired) electrons. The predicted molar refractivity (Wildman–Crippen MR) is 87.6 cm³/mol. The molecule has 1 N–H and O–H groups in total. The molecule has 0 saturated carbocycles. The molecule has 20 heavy (non-hydrogen) atoms. The number of nitrogens with zero attached hydrogens (tertiary/aromatic N) is 1. The molecule has 0 aromatic heterocycles. The number of nitrogens with one attached hydrogen (secondary N) is 1. The second kappa shape index (κ2) is 7.26. The van der Waals surface area contributed by atoms with Gasteiger partial charge in [-0.15, -0.1) is 0 Å². The van der Waals surface area contributed by atoms with Gasteiger partial charge in [-0.05, 0) is 52.8 Å². The molecule has 0 atom stereocenters. The lowest BCUT2D eigenvalue weighted by molar-refractivity contribution is 0.434. The van der Waals surface area contributed by atoms with Crippen molar-refractivity contribution in [1.29, 1.82) is 0 Å². The fraction of sp³-hybridized carbons (Fsp3) is 0.538. The number of sulfonamides is 1. The Morgan fingerprint density at radius 1 is 1.35 bits per heavy atom. The van der Waals surface area contributed by atoms with Crippen LogP contribution in [0.15, 0.2) is 27.6 Å². The second-order valence-corrected chi connectivity index (χ2v) is 8.65. The van der Waals surface area contributed by atoms with E-state index in [0.29, 0.717) is 22.5 Å². The van der Waals surface area contributed by atoms with Gasteiger partial charge in [0.2, 0.25) is 10.0 Å². The Labute approximate surface area is 133 Å². The van der Waals surface area contributed by atoms with Gasteiger partial charge in [0.1, 0.15) is 0 Å². The molecule has 0 spiro atoms. The van der Waals surface area contributed by atoms with E-state index < -0.39 is 10.0 Å². The van der Waals surface area contributed by atoms with Crippen molar-refractivity contribution in [2.75, 3.05) is 31.6 Å². The van der Waals surface area contributed by atoms with Crippen molar-refractivity contribution in [2.45, 2.75) is 17.9 Å². The van der Waals surface area contributed by atoms with Gasteiger partial charge in [-0.1, -0.05) is 6.07 Å². The van der Waals surface area contributed by atoms with E-state index in [1.165, 1.54) is 0 Å². The molecular weight excluding hydrogens is 360 g/mol. The van der Waals surface area contributed by atoms with Gasteiger partial charge in [-0.25, -0.2) is 8.42 Å². The standard InChI is InChI=1S/C13H19BrN2O2S2/c1-15-10-11-3-4-13(12(14)9-11)20(17,18)16-5-2-7-19-8-6-16/h3-4,9,15H,2,5-8,10H2,1H3. The highest BCUT2D eigenvalue weighted by Gasteiger charge is 2.27. The minimum absolute atomic E-state index is 0.365. The van der Waals surface area contributed by atoms with Crippen LogP contribution in [0.5, 0.6) is 0 Å². The zero-order valence-electron chi connectivity index (χ0n) is 11.4. The van der Waals surface area contributed by atoms with Crippen molar-refractivity contribution >= 4 is 37.7 Å². The molecule has 112 valence electrons. The number of hydrogen-bond acceptors (Lipinski definition) is 4. The predicted octanol–water partition coefficient (Wildman–Crippen LogP) is 2.30. The summed E-state index contributed by atoms with van der Waals surface area (Å²) in [5.74, 6) is 1.91. The Bertz CT molecular complexity index is 555. The lowest BCUT2D eigenvalue weighted by Crippen LogP contribution is -2.33. The zero-order chi connectivity index (χ0) is 14.6. The summed E-state index contributed by atoms with van der Waals surface area (Å²) in [5.41, 5.74) is 1.06. The SMILES string of the molecule is CNCc1ccc(S(=O)(=O)N2CCCSCC2)c(Br)c1. The van der Waals surface area contributed by atoms with Crippen LogP contribution in [0.25, 0.3) is 0 Å². The van der Waals surface area contributed by atoms with Crippen LogP contribution in [-0.4, -0.2) is 44.4 Å². The van der Waals surface area contributed by atoms with Gasteiger partial charge in [0, 0.05) is 29.9 Å². The van der Waals surface area contributed by atoms with Crippen LogP contribution in [0, 0.1) is 0 Å². The van der Waals surface area contributed by atoms with Gasteiger partial charge in [0.15, 0.2) is 0 Å². The number of thioether (sulfide) groups is 1. The Hall–Kier alpha value is -0.0800.